The Kier molecular flexibility index (Phi) is 3.80. The summed E-state index contributed by atoms with van der Waals surface area (Å²) in [5.41, 5.74) is 1.24. The van der Waals surface area contributed by atoms with Crippen molar-refractivity contribution < 1.29 is 0 Å². The van der Waals surface area contributed by atoms with Gasteiger partial charge in [0.15, 0.2) is 0 Å². The lowest BCUT2D eigenvalue weighted by atomic mass is 10.1. The molecule has 1 nitrogen and oxygen atoms in total. The Bertz CT molecular complexity index is 276. The number of hydrogen-bond acceptors (Lipinski definition) is 3. The van der Waals surface area contributed by atoms with Gasteiger partial charge in [-0.05, 0) is 5.92 Å². The zero-order valence-corrected chi connectivity index (χ0v) is 10.4. The van der Waals surface area contributed by atoms with Crippen molar-refractivity contribution in [3.05, 3.63) is 15.6 Å². The van der Waals surface area contributed by atoms with Crippen LogP contribution >= 0.6 is 24.0 Å². The molecule has 0 aromatic carbocycles. The molecule has 1 rings (SSSR count). The van der Waals surface area contributed by atoms with Gasteiger partial charge in [-0.2, -0.15) is 12.6 Å². The predicted molar refractivity (Wildman–Crippen MR) is 63.0 cm³/mol. The van der Waals surface area contributed by atoms with E-state index < -0.39 is 0 Å². The summed E-state index contributed by atoms with van der Waals surface area (Å²) in [5, 5.41) is 1.24. The maximum atomic E-state index is 4.65. The number of hydrogen-bond donors (Lipinski definition) is 1. The molecule has 1 aromatic rings. The summed E-state index contributed by atoms with van der Waals surface area (Å²) in [5.74, 6) is 1.87. The molecule has 0 radical (unpaired) electrons. The minimum absolute atomic E-state index is 0.519. The first-order chi connectivity index (χ1) is 6.06. The molecule has 0 N–H and O–H groups in total. The van der Waals surface area contributed by atoms with Crippen LogP contribution in [0.25, 0.3) is 0 Å². The van der Waals surface area contributed by atoms with E-state index in [9.17, 15) is 0 Å². The quantitative estimate of drug-likeness (QED) is 0.756. The zero-order chi connectivity index (χ0) is 10.0. The molecule has 0 aliphatic carbocycles. The second kappa shape index (κ2) is 4.47. The van der Waals surface area contributed by atoms with Crippen LogP contribution in [0.5, 0.6) is 0 Å². The van der Waals surface area contributed by atoms with Crippen molar-refractivity contribution >= 4 is 24.0 Å². The largest absolute Gasteiger partial charge is 0.245 e. The molecule has 0 aliphatic heterocycles. The highest BCUT2D eigenvalue weighted by atomic mass is 32.1. The lowest BCUT2D eigenvalue weighted by molar-refractivity contribution is 0.787. The highest BCUT2D eigenvalue weighted by Gasteiger charge is 2.14. The van der Waals surface area contributed by atoms with Crippen LogP contribution in [-0.4, -0.2) is 4.98 Å². The van der Waals surface area contributed by atoms with Gasteiger partial charge in [0.1, 0.15) is 0 Å². The van der Waals surface area contributed by atoms with Gasteiger partial charge in [-0.25, -0.2) is 4.98 Å². The summed E-state index contributed by atoms with van der Waals surface area (Å²) >= 11 is 6.13. The molecule has 0 bridgehead atoms. The average molecular weight is 215 g/mol. The highest BCUT2D eigenvalue weighted by molar-refractivity contribution is 7.79. The van der Waals surface area contributed by atoms with E-state index in [-0.39, 0.29) is 0 Å². The Morgan fingerprint density at radius 3 is 2.15 bits per heavy atom. The van der Waals surface area contributed by atoms with Gasteiger partial charge in [-0.3, -0.25) is 0 Å². The zero-order valence-electron chi connectivity index (χ0n) is 8.66. The lowest BCUT2D eigenvalue weighted by Gasteiger charge is -2.01. The molecule has 74 valence electrons. The summed E-state index contributed by atoms with van der Waals surface area (Å²) in [6.45, 7) is 8.74. The van der Waals surface area contributed by atoms with E-state index in [1.54, 1.807) is 0 Å². The van der Waals surface area contributed by atoms with Crippen LogP contribution in [0.3, 0.4) is 0 Å². The molecule has 0 unspecified atom stereocenters. The summed E-state index contributed by atoms with van der Waals surface area (Å²) in [7, 11) is 0. The number of rotatable bonds is 3. The summed E-state index contributed by atoms with van der Waals surface area (Å²) in [6, 6.07) is 0. The van der Waals surface area contributed by atoms with Gasteiger partial charge in [-0.1, -0.05) is 27.7 Å². The SMILES string of the molecule is CC(C)c1nc(C(C)C)c(CS)s1. The molecule has 0 saturated carbocycles. The number of nitrogens with zero attached hydrogens (tertiary/aromatic N) is 1. The van der Waals surface area contributed by atoms with Crippen molar-refractivity contribution in [1.29, 1.82) is 0 Å². The molecule has 0 spiro atoms. The van der Waals surface area contributed by atoms with Crippen LogP contribution in [0.2, 0.25) is 0 Å². The maximum Gasteiger partial charge on any atom is 0.0956 e. The first kappa shape index (κ1) is 11.1. The molecule has 0 fully saturated rings. The van der Waals surface area contributed by atoms with Crippen molar-refractivity contribution in [2.24, 2.45) is 0 Å². The van der Waals surface area contributed by atoms with E-state index in [1.807, 2.05) is 11.3 Å². The summed E-state index contributed by atoms with van der Waals surface area (Å²) in [6.07, 6.45) is 0. The second-order valence-electron chi connectivity index (χ2n) is 3.83. The third-order valence-corrected chi connectivity index (χ3v) is 3.83. The van der Waals surface area contributed by atoms with Crippen molar-refractivity contribution in [1.82, 2.24) is 4.98 Å². The topological polar surface area (TPSA) is 12.9 Å². The molecule has 0 atom stereocenters. The van der Waals surface area contributed by atoms with Crippen LogP contribution in [0.1, 0.15) is 55.1 Å². The van der Waals surface area contributed by atoms with E-state index in [2.05, 4.69) is 45.3 Å². The Labute approximate surface area is 90.0 Å². The number of thiazole rings is 1. The van der Waals surface area contributed by atoms with Gasteiger partial charge in [-0.15, -0.1) is 11.3 Å². The Morgan fingerprint density at radius 1 is 1.23 bits per heavy atom. The fourth-order valence-electron chi connectivity index (χ4n) is 1.19. The minimum Gasteiger partial charge on any atom is -0.245 e. The molecule has 1 heterocycles. The number of thiol groups is 1. The fourth-order valence-corrected chi connectivity index (χ4v) is 2.63. The van der Waals surface area contributed by atoms with E-state index >= 15 is 0 Å². The Morgan fingerprint density at radius 2 is 1.85 bits per heavy atom. The summed E-state index contributed by atoms with van der Waals surface area (Å²) in [4.78, 5) is 5.98. The van der Waals surface area contributed by atoms with Gasteiger partial charge < -0.3 is 0 Å². The first-order valence-electron chi connectivity index (χ1n) is 4.66. The molecule has 0 saturated heterocycles. The van der Waals surface area contributed by atoms with E-state index in [4.69, 9.17) is 0 Å². The molecular formula is C10H17NS2. The van der Waals surface area contributed by atoms with Gasteiger partial charge in [0.25, 0.3) is 0 Å². The van der Waals surface area contributed by atoms with E-state index in [1.165, 1.54) is 15.6 Å². The monoisotopic (exact) mass is 215 g/mol. The predicted octanol–water partition coefficient (Wildman–Crippen LogP) is 3.82. The molecular weight excluding hydrogens is 198 g/mol. The highest BCUT2D eigenvalue weighted by Crippen LogP contribution is 2.30. The van der Waals surface area contributed by atoms with Crippen molar-refractivity contribution in [2.45, 2.75) is 45.3 Å². The van der Waals surface area contributed by atoms with Crippen molar-refractivity contribution in [3.8, 4) is 0 Å². The maximum absolute atomic E-state index is 4.65. The molecule has 0 aliphatic rings. The normalized spacial score (nSPS) is 11.6. The Hall–Kier alpha value is -0.0200. The van der Waals surface area contributed by atoms with Gasteiger partial charge in [0.2, 0.25) is 0 Å². The smallest absolute Gasteiger partial charge is 0.0956 e. The lowest BCUT2D eigenvalue weighted by Crippen LogP contribution is -1.93. The molecule has 3 heteroatoms. The molecule has 1 aromatic heterocycles. The average Bonchev–Trinajstić information content (AvgIpc) is 2.47. The second-order valence-corrected chi connectivity index (χ2v) is 5.26. The van der Waals surface area contributed by atoms with Gasteiger partial charge in [0.05, 0.1) is 10.7 Å². The van der Waals surface area contributed by atoms with Crippen LogP contribution in [0, 0.1) is 0 Å². The minimum atomic E-state index is 0.519. The van der Waals surface area contributed by atoms with Crippen molar-refractivity contribution in [2.75, 3.05) is 0 Å². The van der Waals surface area contributed by atoms with Gasteiger partial charge >= 0.3 is 0 Å². The Balaban J connectivity index is 3.04. The van der Waals surface area contributed by atoms with E-state index in [0.717, 1.165) is 5.75 Å². The third-order valence-electron chi connectivity index (χ3n) is 1.93. The standard InChI is InChI=1S/C10H17NS2/c1-6(2)9-8(5-12)13-10(11-9)7(3)4/h6-7,12H,5H2,1-4H3. The third kappa shape index (κ3) is 2.47. The number of aromatic nitrogens is 1. The first-order valence-corrected chi connectivity index (χ1v) is 6.11. The van der Waals surface area contributed by atoms with Crippen LogP contribution in [-0.2, 0) is 5.75 Å². The van der Waals surface area contributed by atoms with E-state index in [0.29, 0.717) is 11.8 Å². The molecule has 13 heavy (non-hydrogen) atoms. The van der Waals surface area contributed by atoms with Crippen LogP contribution in [0.4, 0.5) is 0 Å². The van der Waals surface area contributed by atoms with Crippen molar-refractivity contribution in [3.63, 3.8) is 0 Å². The van der Waals surface area contributed by atoms with Gasteiger partial charge in [0, 0.05) is 16.5 Å². The van der Waals surface area contributed by atoms with Crippen LogP contribution in [0.15, 0.2) is 0 Å². The summed E-state index contributed by atoms with van der Waals surface area (Å²) < 4.78 is 0. The van der Waals surface area contributed by atoms with Crippen LogP contribution < -0.4 is 0 Å². The fraction of sp³-hybridized carbons (Fsp3) is 0.700. The molecule has 0 amide bonds.